The molecule has 0 unspecified atom stereocenters. The molecule has 0 aliphatic heterocycles. The van der Waals surface area contributed by atoms with Gasteiger partial charge in [0.05, 0.1) is 21.3 Å². The van der Waals surface area contributed by atoms with Crippen LogP contribution in [0.5, 0.6) is 23.0 Å². The van der Waals surface area contributed by atoms with Gasteiger partial charge in [0.2, 0.25) is 11.6 Å². The maximum Gasteiger partial charge on any atom is 0.264 e. The number of nitrogens with zero attached hydrogens (tertiary/aromatic N) is 2. The van der Waals surface area contributed by atoms with E-state index in [9.17, 15) is 4.79 Å². The highest BCUT2D eigenvalue weighted by atomic mass is 16.5. The van der Waals surface area contributed by atoms with Crippen LogP contribution in [0.1, 0.15) is 16.2 Å². The lowest BCUT2D eigenvalue weighted by Gasteiger charge is -2.12. The number of aldehydes is 1. The molecule has 0 bridgehead atoms. The molecule has 0 N–H and O–H groups in total. The van der Waals surface area contributed by atoms with Crippen molar-refractivity contribution in [2.45, 2.75) is 6.61 Å². The maximum absolute atomic E-state index is 10.7. The van der Waals surface area contributed by atoms with Crippen LogP contribution >= 0.6 is 0 Å². The molecule has 1 aromatic heterocycles. The number of ether oxygens (including phenoxy) is 4. The van der Waals surface area contributed by atoms with E-state index >= 15 is 0 Å². The Kier molecular flexibility index (Phi) is 5.55. The largest absolute Gasteiger partial charge is 0.493 e. The zero-order valence-electron chi connectivity index (χ0n) is 15.1. The Morgan fingerprint density at radius 3 is 2.22 bits per heavy atom. The van der Waals surface area contributed by atoms with Gasteiger partial charge in [-0.15, -0.1) is 0 Å². The Hall–Kier alpha value is -3.55. The first-order valence-corrected chi connectivity index (χ1v) is 7.99. The highest BCUT2D eigenvalue weighted by molar-refractivity contribution is 5.74. The molecule has 27 heavy (non-hydrogen) atoms. The molecular weight excluding hydrogens is 352 g/mol. The summed E-state index contributed by atoms with van der Waals surface area (Å²) in [6.45, 7) is 0.0951. The fourth-order valence-electron chi connectivity index (χ4n) is 2.43. The van der Waals surface area contributed by atoms with Gasteiger partial charge in [0, 0.05) is 11.1 Å². The standard InChI is InChI=1S/C19H18N2O6/c1-23-15-8-13(9-16(24-2)18(15)25-3)19-20-17(27-21-19)11-26-14-6-4-12(10-22)5-7-14/h4-10H,11H2,1-3H3. The van der Waals surface area contributed by atoms with Gasteiger partial charge in [0.1, 0.15) is 12.0 Å². The van der Waals surface area contributed by atoms with Crippen molar-refractivity contribution < 1.29 is 28.3 Å². The number of carbonyl (C=O) groups is 1. The molecule has 0 atom stereocenters. The van der Waals surface area contributed by atoms with Crippen molar-refractivity contribution in [2.24, 2.45) is 0 Å². The number of methoxy groups -OCH3 is 3. The van der Waals surface area contributed by atoms with Gasteiger partial charge >= 0.3 is 0 Å². The first-order chi connectivity index (χ1) is 13.2. The summed E-state index contributed by atoms with van der Waals surface area (Å²) in [7, 11) is 4.60. The normalized spacial score (nSPS) is 10.3. The molecule has 0 saturated carbocycles. The fourth-order valence-corrected chi connectivity index (χ4v) is 2.43. The predicted molar refractivity (Wildman–Crippen MR) is 95.6 cm³/mol. The zero-order chi connectivity index (χ0) is 19.2. The lowest BCUT2D eigenvalue weighted by Crippen LogP contribution is -1.97. The van der Waals surface area contributed by atoms with Gasteiger partial charge in [-0.2, -0.15) is 4.98 Å². The van der Waals surface area contributed by atoms with Gasteiger partial charge in [-0.05, 0) is 36.4 Å². The lowest BCUT2D eigenvalue weighted by molar-refractivity contribution is 0.112. The summed E-state index contributed by atoms with van der Waals surface area (Å²) < 4.78 is 26.8. The van der Waals surface area contributed by atoms with Crippen molar-refractivity contribution in [1.29, 1.82) is 0 Å². The molecular formula is C19H18N2O6. The van der Waals surface area contributed by atoms with E-state index in [0.717, 1.165) is 6.29 Å². The Labute approximate surface area is 155 Å². The smallest absolute Gasteiger partial charge is 0.264 e. The van der Waals surface area contributed by atoms with Crippen LogP contribution < -0.4 is 18.9 Å². The van der Waals surface area contributed by atoms with E-state index in [1.54, 1.807) is 36.4 Å². The summed E-state index contributed by atoms with van der Waals surface area (Å²) in [5.74, 6) is 2.72. The average Bonchev–Trinajstić information content (AvgIpc) is 3.20. The van der Waals surface area contributed by atoms with Gasteiger partial charge in [-0.1, -0.05) is 5.16 Å². The number of aromatic nitrogens is 2. The summed E-state index contributed by atoms with van der Waals surface area (Å²) in [5, 5.41) is 3.97. The molecule has 1 heterocycles. The third kappa shape index (κ3) is 4.00. The second-order valence-corrected chi connectivity index (χ2v) is 5.40. The van der Waals surface area contributed by atoms with Crippen LogP contribution in [0.25, 0.3) is 11.4 Å². The topological polar surface area (TPSA) is 92.9 Å². The summed E-state index contributed by atoms with van der Waals surface area (Å²) >= 11 is 0. The summed E-state index contributed by atoms with van der Waals surface area (Å²) in [6.07, 6.45) is 0.769. The van der Waals surface area contributed by atoms with Crippen LogP contribution in [0.2, 0.25) is 0 Å². The van der Waals surface area contributed by atoms with Crippen LogP contribution in [-0.2, 0) is 6.61 Å². The molecule has 0 fully saturated rings. The molecule has 0 aliphatic rings. The van der Waals surface area contributed by atoms with Crippen LogP contribution in [0.4, 0.5) is 0 Å². The highest BCUT2D eigenvalue weighted by Crippen LogP contribution is 2.40. The minimum atomic E-state index is 0.0951. The fraction of sp³-hybridized carbons (Fsp3) is 0.211. The molecule has 8 heteroatoms. The van der Waals surface area contributed by atoms with E-state index < -0.39 is 0 Å². The van der Waals surface area contributed by atoms with Crippen molar-refractivity contribution in [3.8, 4) is 34.4 Å². The molecule has 0 radical (unpaired) electrons. The van der Waals surface area contributed by atoms with Crippen molar-refractivity contribution in [1.82, 2.24) is 10.1 Å². The first-order valence-electron chi connectivity index (χ1n) is 7.99. The summed E-state index contributed by atoms with van der Waals surface area (Å²) in [6, 6.07) is 10.2. The molecule has 0 amide bonds. The monoisotopic (exact) mass is 370 g/mol. The minimum absolute atomic E-state index is 0.0951. The molecule has 0 saturated heterocycles. The van der Waals surface area contributed by atoms with Crippen LogP contribution in [0.3, 0.4) is 0 Å². The Bertz CT molecular complexity index is 895. The molecule has 140 valence electrons. The molecule has 3 rings (SSSR count). The average molecular weight is 370 g/mol. The molecule has 8 nitrogen and oxygen atoms in total. The molecule has 0 spiro atoms. The number of carbonyl (C=O) groups excluding carboxylic acids is 1. The van der Waals surface area contributed by atoms with Crippen LogP contribution in [0, 0.1) is 0 Å². The number of rotatable bonds is 8. The first kappa shape index (κ1) is 18.2. The van der Waals surface area contributed by atoms with Crippen molar-refractivity contribution in [2.75, 3.05) is 21.3 Å². The second-order valence-electron chi connectivity index (χ2n) is 5.40. The SMILES string of the molecule is COc1cc(-c2noc(COc3ccc(C=O)cc3)n2)cc(OC)c1OC. The van der Waals surface area contributed by atoms with Gasteiger partial charge in [0.15, 0.2) is 18.1 Å². The highest BCUT2D eigenvalue weighted by Gasteiger charge is 2.17. The predicted octanol–water partition coefficient (Wildman–Crippen LogP) is 3.15. The van der Waals surface area contributed by atoms with Crippen molar-refractivity contribution in [3.05, 3.63) is 47.9 Å². The summed E-state index contributed by atoms with van der Waals surface area (Å²) in [5.41, 5.74) is 1.22. The number of hydrogen-bond donors (Lipinski definition) is 0. The molecule has 0 aliphatic carbocycles. The van der Waals surface area contributed by atoms with Gasteiger partial charge in [-0.3, -0.25) is 4.79 Å². The molecule has 3 aromatic rings. The lowest BCUT2D eigenvalue weighted by atomic mass is 10.1. The second kappa shape index (κ2) is 8.22. The zero-order valence-corrected chi connectivity index (χ0v) is 15.1. The van der Waals surface area contributed by atoms with Gasteiger partial charge in [0.25, 0.3) is 5.89 Å². The Balaban J connectivity index is 1.77. The van der Waals surface area contributed by atoms with E-state index in [-0.39, 0.29) is 6.61 Å². The third-order valence-electron chi connectivity index (χ3n) is 3.77. The van der Waals surface area contributed by atoms with E-state index in [2.05, 4.69) is 10.1 Å². The van der Waals surface area contributed by atoms with Crippen molar-refractivity contribution in [3.63, 3.8) is 0 Å². The van der Waals surface area contributed by atoms with Gasteiger partial charge < -0.3 is 23.5 Å². The van der Waals surface area contributed by atoms with Gasteiger partial charge in [-0.25, -0.2) is 0 Å². The van der Waals surface area contributed by atoms with E-state index in [1.807, 2.05) is 0 Å². The van der Waals surface area contributed by atoms with E-state index in [1.165, 1.54) is 21.3 Å². The maximum atomic E-state index is 10.7. The van der Waals surface area contributed by atoms with E-state index in [0.29, 0.717) is 45.8 Å². The molecule has 2 aromatic carbocycles. The number of benzene rings is 2. The van der Waals surface area contributed by atoms with E-state index in [4.69, 9.17) is 23.5 Å². The quantitative estimate of drug-likeness (QED) is 0.558. The third-order valence-corrected chi connectivity index (χ3v) is 3.77. The van der Waals surface area contributed by atoms with Crippen molar-refractivity contribution >= 4 is 6.29 Å². The van der Waals surface area contributed by atoms with Crippen LogP contribution in [0.15, 0.2) is 40.9 Å². The van der Waals surface area contributed by atoms with Crippen LogP contribution in [-0.4, -0.2) is 37.8 Å². The summed E-state index contributed by atoms with van der Waals surface area (Å²) in [4.78, 5) is 15.0. The minimum Gasteiger partial charge on any atom is -0.493 e. The number of hydrogen-bond acceptors (Lipinski definition) is 8. The Morgan fingerprint density at radius 2 is 1.67 bits per heavy atom. The Morgan fingerprint density at radius 1 is 1.00 bits per heavy atom.